The molecule has 0 saturated heterocycles. The van der Waals surface area contributed by atoms with E-state index in [0.717, 1.165) is 21.9 Å². The number of hydrogen-bond donors (Lipinski definition) is 2. The molecule has 3 aromatic heterocycles. The summed E-state index contributed by atoms with van der Waals surface area (Å²) < 4.78 is 1.75. The predicted octanol–water partition coefficient (Wildman–Crippen LogP) is 2.52. The van der Waals surface area contributed by atoms with E-state index in [0.29, 0.717) is 5.95 Å². The molecule has 0 aromatic carbocycles. The Morgan fingerprint density at radius 1 is 1.32 bits per heavy atom. The number of rotatable bonds is 3. The molecule has 0 aliphatic heterocycles. The van der Waals surface area contributed by atoms with Gasteiger partial charge >= 0.3 is 0 Å². The lowest BCUT2D eigenvalue weighted by Gasteiger charge is -2.06. The molecule has 0 unspecified atom stereocenters. The highest BCUT2D eigenvalue weighted by atomic mass is 32.1. The van der Waals surface area contributed by atoms with E-state index >= 15 is 0 Å². The highest BCUT2D eigenvalue weighted by molar-refractivity contribution is 7.18. The minimum absolute atomic E-state index is 0.604. The molecule has 0 spiro atoms. The highest BCUT2D eigenvalue weighted by Gasteiger charge is 2.11. The van der Waals surface area contributed by atoms with Crippen molar-refractivity contribution in [2.75, 3.05) is 17.7 Å². The molecule has 0 aliphatic carbocycles. The maximum absolute atomic E-state index is 4.46. The summed E-state index contributed by atoms with van der Waals surface area (Å²) in [5, 5.41) is 11.5. The van der Waals surface area contributed by atoms with Crippen LogP contribution in [0.3, 0.4) is 0 Å². The largest absolute Gasteiger partial charge is 0.357 e. The molecule has 0 amide bonds. The normalized spacial score (nSPS) is 10.9. The SMILES string of the molecule is CNc1nc(Nc2ccn(C)n2)c2cc(C)sc2n1. The van der Waals surface area contributed by atoms with Crippen LogP contribution in [0.25, 0.3) is 10.2 Å². The Bertz CT molecular complexity index is 729. The zero-order valence-electron chi connectivity index (χ0n) is 10.9. The second kappa shape index (κ2) is 4.51. The summed E-state index contributed by atoms with van der Waals surface area (Å²) in [6.07, 6.45) is 1.89. The third kappa shape index (κ3) is 2.24. The summed E-state index contributed by atoms with van der Waals surface area (Å²) in [6.45, 7) is 2.07. The summed E-state index contributed by atoms with van der Waals surface area (Å²) in [4.78, 5) is 11.1. The molecule has 0 radical (unpaired) electrons. The number of thiophene rings is 1. The predicted molar refractivity (Wildman–Crippen MR) is 78.2 cm³/mol. The number of aryl methyl sites for hydroxylation is 2. The Kier molecular flexibility index (Phi) is 2.83. The van der Waals surface area contributed by atoms with Crippen LogP contribution in [0.15, 0.2) is 18.3 Å². The van der Waals surface area contributed by atoms with Crippen molar-refractivity contribution >= 4 is 39.1 Å². The van der Waals surface area contributed by atoms with Crippen molar-refractivity contribution in [3.05, 3.63) is 23.2 Å². The molecule has 0 aliphatic rings. The molecule has 0 atom stereocenters. The monoisotopic (exact) mass is 274 g/mol. The van der Waals surface area contributed by atoms with Crippen LogP contribution in [0.1, 0.15) is 4.88 Å². The number of hydrogen-bond acceptors (Lipinski definition) is 6. The Morgan fingerprint density at radius 3 is 2.84 bits per heavy atom. The first-order chi connectivity index (χ1) is 9.15. The van der Waals surface area contributed by atoms with Crippen LogP contribution < -0.4 is 10.6 Å². The van der Waals surface area contributed by atoms with E-state index in [2.05, 4.69) is 38.7 Å². The zero-order chi connectivity index (χ0) is 13.4. The van der Waals surface area contributed by atoms with E-state index in [1.54, 1.807) is 16.0 Å². The van der Waals surface area contributed by atoms with Crippen LogP contribution in [-0.2, 0) is 7.05 Å². The molecule has 19 heavy (non-hydrogen) atoms. The van der Waals surface area contributed by atoms with E-state index in [-0.39, 0.29) is 0 Å². The van der Waals surface area contributed by atoms with Crippen LogP contribution in [0, 0.1) is 6.92 Å². The molecular weight excluding hydrogens is 260 g/mol. The van der Waals surface area contributed by atoms with Crippen LogP contribution >= 0.6 is 11.3 Å². The summed E-state index contributed by atoms with van der Waals surface area (Å²) >= 11 is 1.65. The fourth-order valence-electron chi connectivity index (χ4n) is 1.85. The molecule has 0 saturated carbocycles. The molecule has 7 heteroatoms. The zero-order valence-corrected chi connectivity index (χ0v) is 11.7. The van der Waals surface area contributed by atoms with Crippen LogP contribution in [0.2, 0.25) is 0 Å². The third-order valence-electron chi connectivity index (χ3n) is 2.70. The number of anilines is 3. The summed E-state index contributed by atoms with van der Waals surface area (Å²) in [5.74, 6) is 2.15. The molecule has 98 valence electrons. The minimum Gasteiger partial charge on any atom is -0.357 e. The topological polar surface area (TPSA) is 67.7 Å². The lowest BCUT2D eigenvalue weighted by molar-refractivity contribution is 0.771. The van der Waals surface area contributed by atoms with Crippen molar-refractivity contribution in [3.8, 4) is 0 Å². The van der Waals surface area contributed by atoms with Crippen molar-refractivity contribution in [1.29, 1.82) is 0 Å². The van der Waals surface area contributed by atoms with Gasteiger partial charge in [0, 0.05) is 31.2 Å². The van der Waals surface area contributed by atoms with Gasteiger partial charge in [0.05, 0.1) is 5.39 Å². The molecular formula is C12H14N6S. The first kappa shape index (κ1) is 11.9. The number of nitrogens with one attached hydrogen (secondary N) is 2. The van der Waals surface area contributed by atoms with Gasteiger partial charge in [0.25, 0.3) is 0 Å². The van der Waals surface area contributed by atoms with E-state index in [9.17, 15) is 0 Å². The maximum Gasteiger partial charge on any atom is 0.225 e. The smallest absolute Gasteiger partial charge is 0.225 e. The van der Waals surface area contributed by atoms with Gasteiger partial charge in [0.15, 0.2) is 5.82 Å². The van der Waals surface area contributed by atoms with E-state index in [1.165, 1.54) is 4.88 Å². The van der Waals surface area contributed by atoms with Gasteiger partial charge in [-0.2, -0.15) is 10.1 Å². The van der Waals surface area contributed by atoms with Crippen molar-refractivity contribution in [3.63, 3.8) is 0 Å². The fraction of sp³-hybridized carbons (Fsp3) is 0.250. The van der Waals surface area contributed by atoms with Gasteiger partial charge in [-0.05, 0) is 13.0 Å². The van der Waals surface area contributed by atoms with Gasteiger partial charge in [0.2, 0.25) is 5.95 Å². The second-order valence-corrected chi connectivity index (χ2v) is 5.46. The summed E-state index contributed by atoms with van der Waals surface area (Å²) in [5.41, 5.74) is 0. The fourth-order valence-corrected chi connectivity index (χ4v) is 2.73. The minimum atomic E-state index is 0.604. The molecule has 2 N–H and O–H groups in total. The van der Waals surface area contributed by atoms with Gasteiger partial charge in [-0.1, -0.05) is 0 Å². The summed E-state index contributed by atoms with van der Waals surface area (Å²) in [6, 6.07) is 4.00. The van der Waals surface area contributed by atoms with E-state index in [1.807, 2.05) is 26.4 Å². The van der Waals surface area contributed by atoms with Gasteiger partial charge in [0.1, 0.15) is 10.6 Å². The first-order valence-electron chi connectivity index (χ1n) is 5.88. The van der Waals surface area contributed by atoms with E-state index < -0.39 is 0 Å². The molecule has 3 heterocycles. The number of aromatic nitrogens is 4. The van der Waals surface area contributed by atoms with Crippen LogP contribution in [0.4, 0.5) is 17.6 Å². The standard InChI is InChI=1S/C12H14N6S/c1-7-6-8-10(14-9-4-5-18(3)17-9)15-12(13-2)16-11(8)19-7/h4-6H,1-3H3,(H2,13,14,15,16,17). The van der Waals surface area contributed by atoms with Gasteiger partial charge in [-0.15, -0.1) is 11.3 Å². The quantitative estimate of drug-likeness (QED) is 0.768. The maximum atomic E-state index is 4.46. The van der Waals surface area contributed by atoms with Crippen molar-refractivity contribution in [2.24, 2.45) is 7.05 Å². The van der Waals surface area contributed by atoms with Crippen molar-refractivity contribution in [1.82, 2.24) is 19.7 Å². The second-order valence-electron chi connectivity index (χ2n) is 4.22. The van der Waals surface area contributed by atoms with Crippen LogP contribution in [-0.4, -0.2) is 26.8 Å². The van der Waals surface area contributed by atoms with Crippen molar-refractivity contribution in [2.45, 2.75) is 6.92 Å². The van der Waals surface area contributed by atoms with Gasteiger partial charge < -0.3 is 10.6 Å². The van der Waals surface area contributed by atoms with E-state index in [4.69, 9.17) is 0 Å². The molecule has 3 rings (SSSR count). The van der Waals surface area contributed by atoms with Crippen LogP contribution in [0.5, 0.6) is 0 Å². The average Bonchev–Trinajstić information content (AvgIpc) is 2.94. The number of nitrogens with zero attached hydrogens (tertiary/aromatic N) is 4. The molecule has 3 aromatic rings. The molecule has 0 bridgehead atoms. The first-order valence-corrected chi connectivity index (χ1v) is 6.70. The van der Waals surface area contributed by atoms with Gasteiger partial charge in [-0.3, -0.25) is 4.68 Å². The van der Waals surface area contributed by atoms with Gasteiger partial charge in [-0.25, -0.2) is 4.98 Å². The average molecular weight is 274 g/mol. The Labute approximate surface area is 114 Å². The lowest BCUT2D eigenvalue weighted by atomic mass is 10.3. The Balaban J connectivity index is 2.09. The Morgan fingerprint density at radius 2 is 2.16 bits per heavy atom. The molecule has 6 nitrogen and oxygen atoms in total. The molecule has 0 fully saturated rings. The third-order valence-corrected chi connectivity index (χ3v) is 3.64. The lowest BCUT2D eigenvalue weighted by Crippen LogP contribution is -2.01. The summed E-state index contributed by atoms with van der Waals surface area (Å²) in [7, 11) is 3.70. The number of fused-ring (bicyclic) bond motifs is 1. The highest BCUT2D eigenvalue weighted by Crippen LogP contribution is 2.30. The van der Waals surface area contributed by atoms with Crippen molar-refractivity contribution < 1.29 is 0 Å². The Hall–Kier alpha value is -2.15.